The van der Waals surface area contributed by atoms with Crippen molar-refractivity contribution >= 4 is 22.4 Å². The van der Waals surface area contributed by atoms with E-state index in [0.29, 0.717) is 30.0 Å². The Balaban J connectivity index is 1.75. The molecular weight excluding hydrogens is 406 g/mol. The van der Waals surface area contributed by atoms with Crippen LogP contribution in [0.25, 0.3) is 27.8 Å². The van der Waals surface area contributed by atoms with Crippen molar-refractivity contribution in [2.75, 3.05) is 36.9 Å². The lowest BCUT2D eigenvalue weighted by Gasteiger charge is -2.29. The van der Waals surface area contributed by atoms with Crippen LogP contribution in [0.3, 0.4) is 0 Å². The van der Waals surface area contributed by atoms with Crippen molar-refractivity contribution < 1.29 is 13.5 Å². The third-order valence-corrected chi connectivity index (χ3v) is 5.33. The molecular formula is C21H18F2N6O2. The highest BCUT2D eigenvalue weighted by molar-refractivity contribution is 5.98. The summed E-state index contributed by atoms with van der Waals surface area (Å²) in [6.45, 7) is 2.71. The van der Waals surface area contributed by atoms with Gasteiger partial charge in [-0.05, 0) is 24.3 Å². The Morgan fingerprint density at radius 3 is 2.61 bits per heavy atom. The number of nitrogens with zero attached hydrogens (tertiary/aromatic N) is 4. The highest BCUT2D eigenvalue weighted by Gasteiger charge is 2.21. The number of hydrogen-bond acceptors (Lipinski definition) is 6. The molecule has 0 spiro atoms. The minimum absolute atomic E-state index is 0.0405. The number of aromatic nitrogens is 4. The first-order valence-corrected chi connectivity index (χ1v) is 9.67. The molecule has 0 aliphatic carbocycles. The molecule has 5 rings (SSSR count). The lowest BCUT2D eigenvalue weighted by molar-refractivity contribution is 0.122. The molecule has 0 bridgehead atoms. The zero-order chi connectivity index (χ0) is 21.5. The van der Waals surface area contributed by atoms with E-state index in [9.17, 15) is 13.6 Å². The molecule has 0 unspecified atom stereocenters. The zero-order valence-corrected chi connectivity index (χ0v) is 16.3. The number of pyridine rings is 2. The van der Waals surface area contributed by atoms with E-state index in [1.165, 1.54) is 12.3 Å². The van der Waals surface area contributed by atoms with Gasteiger partial charge in [0, 0.05) is 36.7 Å². The number of benzene rings is 1. The van der Waals surface area contributed by atoms with Crippen molar-refractivity contribution in [3.8, 4) is 16.9 Å². The third-order valence-electron chi connectivity index (χ3n) is 5.33. The maximum atomic E-state index is 14.5. The zero-order valence-electron chi connectivity index (χ0n) is 16.3. The Hall–Kier alpha value is -3.79. The van der Waals surface area contributed by atoms with Gasteiger partial charge in [-0.3, -0.25) is 19.4 Å². The fourth-order valence-electron chi connectivity index (χ4n) is 3.80. The smallest absolute Gasteiger partial charge is 0.268 e. The summed E-state index contributed by atoms with van der Waals surface area (Å²) < 4.78 is 35.3. The van der Waals surface area contributed by atoms with Gasteiger partial charge < -0.3 is 15.4 Å². The number of ether oxygens (including phenoxy) is 1. The first-order valence-electron chi connectivity index (χ1n) is 9.67. The van der Waals surface area contributed by atoms with Gasteiger partial charge in [-0.1, -0.05) is 6.07 Å². The molecule has 1 aromatic carbocycles. The minimum atomic E-state index is -0.871. The van der Waals surface area contributed by atoms with E-state index >= 15 is 0 Å². The second-order valence-corrected chi connectivity index (χ2v) is 7.15. The van der Waals surface area contributed by atoms with Gasteiger partial charge >= 0.3 is 0 Å². The van der Waals surface area contributed by atoms with Gasteiger partial charge in [-0.2, -0.15) is 5.10 Å². The number of para-hydroxylation sites is 1. The van der Waals surface area contributed by atoms with Crippen LogP contribution >= 0.6 is 0 Å². The normalized spacial score (nSPS) is 14.3. The molecule has 0 saturated carbocycles. The first kappa shape index (κ1) is 19.2. The van der Waals surface area contributed by atoms with E-state index in [2.05, 4.69) is 20.1 Å². The summed E-state index contributed by atoms with van der Waals surface area (Å²) >= 11 is 0. The Labute approximate surface area is 174 Å². The maximum absolute atomic E-state index is 14.5. The molecule has 1 aliphatic rings. The third kappa shape index (κ3) is 3.21. The number of H-pyrrole nitrogens is 1. The number of morpholine rings is 1. The van der Waals surface area contributed by atoms with Crippen molar-refractivity contribution in [1.82, 2.24) is 19.7 Å². The Kier molecular flexibility index (Phi) is 4.63. The van der Waals surface area contributed by atoms with Gasteiger partial charge in [0.2, 0.25) is 0 Å². The molecule has 3 aromatic heterocycles. The lowest BCUT2D eigenvalue weighted by Crippen LogP contribution is -2.36. The summed E-state index contributed by atoms with van der Waals surface area (Å²) in [5.74, 6) is -1.80. The van der Waals surface area contributed by atoms with E-state index < -0.39 is 22.9 Å². The number of rotatable bonds is 3. The Bertz CT molecular complexity index is 1320. The monoisotopic (exact) mass is 424 g/mol. The topological polar surface area (TPSA) is 102 Å². The molecule has 1 saturated heterocycles. The number of nitrogens with one attached hydrogen (secondary N) is 1. The largest absolute Gasteiger partial charge is 0.382 e. The second-order valence-electron chi connectivity index (χ2n) is 7.15. The fourth-order valence-corrected chi connectivity index (χ4v) is 3.80. The number of fused-ring (bicyclic) bond motifs is 1. The predicted octanol–water partition coefficient (Wildman–Crippen LogP) is 2.47. The van der Waals surface area contributed by atoms with Crippen LogP contribution in [0.1, 0.15) is 0 Å². The van der Waals surface area contributed by atoms with Gasteiger partial charge in [0.05, 0.1) is 24.4 Å². The van der Waals surface area contributed by atoms with Crippen LogP contribution in [-0.4, -0.2) is 46.1 Å². The molecule has 0 atom stereocenters. The summed E-state index contributed by atoms with van der Waals surface area (Å²) in [5, 5.41) is 6.73. The van der Waals surface area contributed by atoms with Crippen LogP contribution in [0.5, 0.6) is 0 Å². The summed E-state index contributed by atoms with van der Waals surface area (Å²) in [4.78, 5) is 19.6. The number of anilines is 2. The van der Waals surface area contributed by atoms with Gasteiger partial charge in [0.1, 0.15) is 22.7 Å². The molecule has 3 N–H and O–H groups in total. The SMILES string of the molecule is Nc1n[nH]c2c(-c3cc(N4CCOCC4)ccn3)cn(-c3c(F)cccc3F)c(=O)c12. The van der Waals surface area contributed by atoms with Gasteiger partial charge in [0.25, 0.3) is 5.56 Å². The number of aromatic amines is 1. The van der Waals surface area contributed by atoms with Crippen molar-refractivity contribution in [2.24, 2.45) is 0 Å². The van der Waals surface area contributed by atoms with Crippen molar-refractivity contribution in [2.45, 2.75) is 0 Å². The highest BCUT2D eigenvalue weighted by Crippen LogP contribution is 2.30. The predicted molar refractivity (Wildman–Crippen MR) is 112 cm³/mol. The van der Waals surface area contributed by atoms with E-state index in [4.69, 9.17) is 10.5 Å². The summed E-state index contributed by atoms with van der Waals surface area (Å²) in [5.41, 5.74) is 6.95. The second kappa shape index (κ2) is 7.47. The quantitative estimate of drug-likeness (QED) is 0.524. The Morgan fingerprint density at radius 2 is 1.87 bits per heavy atom. The Morgan fingerprint density at radius 1 is 1.13 bits per heavy atom. The molecule has 1 aliphatic heterocycles. The first-order chi connectivity index (χ1) is 15.0. The summed E-state index contributed by atoms with van der Waals surface area (Å²) in [6.07, 6.45) is 3.00. The minimum Gasteiger partial charge on any atom is -0.382 e. The maximum Gasteiger partial charge on any atom is 0.268 e. The van der Waals surface area contributed by atoms with Crippen molar-refractivity contribution in [1.29, 1.82) is 0 Å². The average molecular weight is 424 g/mol. The van der Waals surface area contributed by atoms with Gasteiger partial charge in [-0.25, -0.2) is 8.78 Å². The van der Waals surface area contributed by atoms with E-state index in [1.54, 1.807) is 6.20 Å². The van der Waals surface area contributed by atoms with Gasteiger partial charge in [-0.15, -0.1) is 0 Å². The lowest BCUT2D eigenvalue weighted by atomic mass is 10.1. The van der Waals surface area contributed by atoms with Crippen LogP contribution in [0.15, 0.2) is 47.5 Å². The molecule has 4 aromatic rings. The number of nitrogen functional groups attached to an aromatic ring is 1. The fraction of sp³-hybridized carbons (Fsp3) is 0.190. The number of hydrogen-bond donors (Lipinski definition) is 2. The molecule has 0 amide bonds. The van der Waals surface area contributed by atoms with E-state index in [0.717, 1.165) is 35.5 Å². The number of nitrogens with two attached hydrogens (primary N) is 1. The molecule has 0 radical (unpaired) electrons. The van der Waals surface area contributed by atoms with E-state index in [-0.39, 0.29) is 11.2 Å². The standard InChI is InChI=1S/C21H18F2N6O2/c22-14-2-1-3-15(23)19(14)29-11-13(18-17(21(29)30)20(24)27-26-18)16-10-12(4-5-25-16)28-6-8-31-9-7-28/h1-5,10-11H,6-9H2,(H3,24,26,27). The molecule has 1 fully saturated rings. The van der Waals surface area contributed by atoms with Crippen molar-refractivity contribution in [3.63, 3.8) is 0 Å². The summed E-state index contributed by atoms with van der Waals surface area (Å²) in [6, 6.07) is 7.14. The van der Waals surface area contributed by atoms with E-state index in [1.807, 2.05) is 12.1 Å². The van der Waals surface area contributed by atoms with Crippen LogP contribution in [0.2, 0.25) is 0 Å². The van der Waals surface area contributed by atoms with Crippen molar-refractivity contribution in [3.05, 3.63) is 64.7 Å². The molecule has 31 heavy (non-hydrogen) atoms. The highest BCUT2D eigenvalue weighted by atomic mass is 19.1. The number of halogens is 2. The molecule has 158 valence electrons. The summed E-state index contributed by atoms with van der Waals surface area (Å²) in [7, 11) is 0. The van der Waals surface area contributed by atoms with Crippen LogP contribution in [0, 0.1) is 11.6 Å². The van der Waals surface area contributed by atoms with Crippen LogP contribution in [0.4, 0.5) is 20.3 Å². The van der Waals surface area contributed by atoms with Crippen LogP contribution in [-0.2, 0) is 4.74 Å². The molecule has 8 nitrogen and oxygen atoms in total. The van der Waals surface area contributed by atoms with Gasteiger partial charge in [0.15, 0.2) is 5.82 Å². The molecule has 4 heterocycles. The average Bonchev–Trinajstić information content (AvgIpc) is 3.18. The molecule has 10 heteroatoms. The van der Waals surface area contributed by atoms with Crippen LogP contribution < -0.4 is 16.2 Å².